The fraction of sp³-hybridized carbons (Fsp3) is 0. The van der Waals surface area contributed by atoms with Crippen molar-refractivity contribution < 1.29 is 8.83 Å². The Kier molecular flexibility index (Phi) is 5.28. The van der Waals surface area contributed by atoms with Gasteiger partial charge in [-0.15, -0.1) is 0 Å². The summed E-state index contributed by atoms with van der Waals surface area (Å²) in [5.74, 6) is 0. The Labute approximate surface area is 180 Å². The van der Waals surface area contributed by atoms with Crippen LogP contribution in [0.2, 0.25) is 0 Å². The predicted molar refractivity (Wildman–Crippen MR) is 110 cm³/mol. The van der Waals surface area contributed by atoms with Crippen molar-refractivity contribution in [2.45, 2.75) is 0 Å². The second-order valence-corrected chi connectivity index (χ2v) is 6.32. The fourth-order valence-corrected chi connectivity index (χ4v) is 2.99. The monoisotopic (exact) mass is 414 g/mol. The molecule has 0 saturated carbocycles. The lowest BCUT2D eigenvalue weighted by molar-refractivity contribution is 0.441. The van der Waals surface area contributed by atoms with E-state index in [1.807, 2.05) is 12.1 Å². The molecular formula is C24H10N6O2. The summed E-state index contributed by atoms with van der Waals surface area (Å²) in [4.78, 5) is 8.71. The van der Waals surface area contributed by atoms with Crippen LogP contribution in [0.3, 0.4) is 0 Å². The van der Waals surface area contributed by atoms with Crippen LogP contribution in [0.15, 0.2) is 69.5 Å². The van der Waals surface area contributed by atoms with Crippen LogP contribution in [0.4, 0.5) is 0 Å². The highest BCUT2D eigenvalue weighted by Gasteiger charge is 2.16. The Balaban J connectivity index is 2.30. The molecule has 0 aliphatic rings. The molecule has 0 fully saturated rings. The standard InChI is InChI=1S/C24H10N6O2/c25-11-17(12-26)23-29-19(15-7-3-1-4-8-15)21(31-23)22-20(16-9-5-2-6-10-16)30-24(32-22)18(13-27)14-28/h1-10H/b22-21+. The Morgan fingerprint density at radius 3 is 1.22 bits per heavy atom. The van der Waals surface area contributed by atoms with Crippen molar-refractivity contribution >= 4 is 11.1 Å². The zero-order chi connectivity index (χ0) is 22.5. The topological polar surface area (TPSA) is 147 Å². The molecule has 0 amide bonds. The van der Waals surface area contributed by atoms with Gasteiger partial charge in [0.25, 0.3) is 0 Å². The molecule has 0 aliphatic carbocycles. The number of nitriles is 4. The van der Waals surface area contributed by atoms with Gasteiger partial charge in [-0.25, -0.2) is 9.97 Å². The summed E-state index contributed by atoms with van der Waals surface area (Å²) < 4.78 is 11.6. The smallest absolute Gasteiger partial charge is 0.249 e. The summed E-state index contributed by atoms with van der Waals surface area (Å²) >= 11 is 0. The van der Waals surface area contributed by atoms with E-state index < -0.39 is 0 Å². The molecule has 2 aromatic carbocycles. The quantitative estimate of drug-likeness (QED) is 0.486. The maximum atomic E-state index is 9.27. The average molecular weight is 414 g/mol. The lowest BCUT2D eigenvalue weighted by atomic mass is 10.1. The molecule has 0 bridgehead atoms. The maximum Gasteiger partial charge on any atom is 0.249 e. The molecular weight excluding hydrogens is 404 g/mol. The highest BCUT2D eigenvalue weighted by atomic mass is 16.4. The van der Waals surface area contributed by atoms with Gasteiger partial charge in [0.2, 0.25) is 21.9 Å². The molecule has 148 valence electrons. The summed E-state index contributed by atoms with van der Waals surface area (Å²) in [7, 11) is 0. The molecule has 8 heteroatoms. The van der Waals surface area contributed by atoms with Gasteiger partial charge < -0.3 is 8.83 Å². The van der Waals surface area contributed by atoms with E-state index in [1.165, 1.54) is 0 Å². The summed E-state index contributed by atoms with van der Waals surface area (Å²) in [6, 6.07) is 25.0. The Morgan fingerprint density at radius 1 is 0.562 bits per heavy atom. The molecule has 0 saturated heterocycles. The molecule has 0 spiro atoms. The Morgan fingerprint density at radius 2 is 0.906 bits per heavy atom. The maximum absolute atomic E-state index is 9.27. The zero-order valence-corrected chi connectivity index (χ0v) is 16.3. The number of rotatable bonds is 2. The van der Waals surface area contributed by atoms with E-state index in [9.17, 15) is 21.0 Å². The van der Waals surface area contributed by atoms with Crippen LogP contribution in [0.5, 0.6) is 0 Å². The normalized spacial score (nSPS) is 10.9. The molecule has 0 aliphatic heterocycles. The van der Waals surface area contributed by atoms with Crippen LogP contribution in [-0.2, 0) is 0 Å². The molecule has 32 heavy (non-hydrogen) atoms. The van der Waals surface area contributed by atoms with Crippen molar-refractivity contribution in [1.29, 1.82) is 21.0 Å². The van der Waals surface area contributed by atoms with Gasteiger partial charge in [-0.1, -0.05) is 60.7 Å². The van der Waals surface area contributed by atoms with E-state index in [0.29, 0.717) is 22.5 Å². The van der Waals surface area contributed by atoms with Crippen molar-refractivity contribution in [2.24, 2.45) is 0 Å². The van der Waals surface area contributed by atoms with Crippen molar-refractivity contribution in [1.82, 2.24) is 9.97 Å². The van der Waals surface area contributed by atoms with Gasteiger partial charge in [0.15, 0.2) is 11.1 Å². The van der Waals surface area contributed by atoms with E-state index in [4.69, 9.17) is 8.83 Å². The molecule has 2 aromatic heterocycles. The largest absolute Gasteiger partial charge is 0.431 e. The molecule has 0 N–H and O–H groups in total. The first kappa shape index (κ1) is 19.9. The summed E-state index contributed by atoms with van der Waals surface area (Å²) in [5, 5.41) is 37.1. The minimum absolute atomic E-state index is 0.113. The highest BCUT2D eigenvalue weighted by molar-refractivity contribution is 5.72. The van der Waals surface area contributed by atoms with Crippen LogP contribution in [-0.4, -0.2) is 9.97 Å². The average Bonchev–Trinajstić information content (AvgIpc) is 3.47. The summed E-state index contributed by atoms with van der Waals surface area (Å²) in [6.07, 6.45) is 0. The Bertz CT molecular complexity index is 1540. The number of oxazole rings is 2. The SMILES string of the molecule is N#CC(C#N)=c1nc(-c2ccccc2)/c(=c2\oc(=C(C#N)C#N)nc2-c2ccccc2)o1. The second kappa shape index (κ2) is 8.51. The van der Waals surface area contributed by atoms with Crippen molar-refractivity contribution in [3.8, 4) is 46.8 Å². The second-order valence-electron chi connectivity index (χ2n) is 6.32. The third-order valence-electron chi connectivity index (χ3n) is 4.43. The van der Waals surface area contributed by atoms with Crippen molar-refractivity contribution in [3.05, 3.63) is 82.6 Å². The molecule has 0 unspecified atom stereocenters. The predicted octanol–water partition coefficient (Wildman–Crippen LogP) is 2.68. The lowest BCUT2D eigenvalue weighted by Crippen LogP contribution is -2.04. The number of hydrogen-bond donors (Lipinski definition) is 0. The van der Waals surface area contributed by atoms with Crippen LogP contribution < -0.4 is 11.1 Å². The van der Waals surface area contributed by atoms with Crippen LogP contribution in [0, 0.1) is 56.2 Å². The molecule has 0 radical (unpaired) electrons. The first-order chi connectivity index (χ1) is 15.7. The molecule has 2 heterocycles. The first-order valence-electron chi connectivity index (χ1n) is 9.18. The number of benzene rings is 2. The van der Waals surface area contributed by atoms with Crippen LogP contribution in [0.1, 0.15) is 0 Å². The van der Waals surface area contributed by atoms with Gasteiger partial charge in [0.1, 0.15) is 35.7 Å². The minimum atomic E-state index is -0.310. The van der Waals surface area contributed by atoms with Gasteiger partial charge in [-0.05, 0) is 0 Å². The highest BCUT2D eigenvalue weighted by Crippen LogP contribution is 2.22. The molecule has 8 nitrogen and oxygen atoms in total. The van der Waals surface area contributed by atoms with Gasteiger partial charge in [0, 0.05) is 11.1 Å². The van der Waals surface area contributed by atoms with Gasteiger partial charge in [0.05, 0.1) is 0 Å². The zero-order valence-electron chi connectivity index (χ0n) is 16.3. The molecule has 4 rings (SSSR count). The van der Waals surface area contributed by atoms with Crippen LogP contribution >= 0.6 is 0 Å². The van der Waals surface area contributed by atoms with E-state index in [2.05, 4.69) is 9.97 Å². The molecule has 4 aromatic rings. The minimum Gasteiger partial charge on any atom is -0.431 e. The lowest BCUT2D eigenvalue weighted by Gasteiger charge is -1.95. The van der Waals surface area contributed by atoms with Gasteiger partial charge in [-0.2, -0.15) is 21.0 Å². The van der Waals surface area contributed by atoms with Crippen molar-refractivity contribution in [3.63, 3.8) is 0 Å². The first-order valence-corrected chi connectivity index (χ1v) is 9.18. The fourth-order valence-electron chi connectivity index (χ4n) is 2.99. The summed E-state index contributed by atoms with van der Waals surface area (Å²) in [6.45, 7) is 0. The third-order valence-corrected chi connectivity index (χ3v) is 4.43. The van der Waals surface area contributed by atoms with E-state index in [1.54, 1.807) is 72.8 Å². The third kappa shape index (κ3) is 3.48. The summed E-state index contributed by atoms with van der Waals surface area (Å²) in [5.41, 5.74) is 1.19. The molecule has 0 atom stereocenters. The van der Waals surface area contributed by atoms with Crippen LogP contribution in [0.25, 0.3) is 33.7 Å². The Hall–Kier alpha value is -5.44. The van der Waals surface area contributed by atoms with E-state index >= 15 is 0 Å². The van der Waals surface area contributed by atoms with E-state index in [0.717, 1.165) is 0 Å². The number of hydrogen-bond acceptors (Lipinski definition) is 8. The van der Waals surface area contributed by atoms with E-state index in [-0.39, 0.29) is 33.1 Å². The van der Waals surface area contributed by atoms with Gasteiger partial charge in [-0.3, -0.25) is 0 Å². The van der Waals surface area contributed by atoms with Gasteiger partial charge >= 0.3 is 0 Å². The number of aromatic nitrogens is 2. The number of nitrogens with zero attached hydrogens (tertiary/aromatic N) is 6. The van der Waals surface area contributed by atoms with Crippen molar-refractivity contribution in [2.75, 3.05) is 0 Å².